The number of amides is 2. The molecule has 2 saturated heterocycles. The number of piperazine rings is 1. The Hall–Kier alpha value is -2.71. The lowest BCUT2D eigenvalue weighted by molar-refractivity contribution is -0.150. The van der Waals surface area contributed by atoms with E-state index in [4.69, 9.17) is 4.98 Å². The van der Waals surface area contributed by atoms with Crippen LogP contribution in [-0.4, -0.2) is 77.6 Å². The molecular formula is C23H29N5O3. The minimum Gasteiger partial charge on any atom is -0.353 e. The molecule has 2 atom stereocenters. The van der Waals surface area contributed by atoms with Crippen LogP contribution in [0.5, 0.6) is 0 Å². The first-order chi connectivity index (χ1) is 15.0. The highest BCUT2D eigenvalue weighted by Gasteiger charge is 2.55. The molecule has 1 aromatic heterocycles. The molecule has 1 aromatic carbocycles. The van der Waals surface area contributed by atoms with Crippen LogP contribution in [-0.2, 0) is 9.59 Å². The van der Waals surface area contributed by atoms with Crippen LogP contribution in [0.15, 0.2) is 36.4 Å². The van der Waals surface area contributed by atoms with Gasteiger partial charge in [0.25, 0.3) is 0 Å². The number of hydroxylamine groups is 1. The molecule has 2 aromatic rings. The van der Waals surface area contributed by atoms with E-state index in [0.717, 1.165) is 36.1 Å². The number of para-hydroxylation sites is 1. The predicted octanol–water partition coefficient (Wildman–Crippen LogP) is 1.49. The van der Waals surface area contributed by atoms with E-state index in [-0.39, 0.29) is 11.3 Å². The molecule has 5 rings (SSSR count). The third-order valence-corrected chi connectivity index (χ3v) is 7.25. The number of carbonyl (C=O) groups is 2. The fourth-order valence-electron chi connectivity index (χ4n) is 5.37. The highest BCUT2D eigenvalue weighted by molar-refractivity contribution is 5.90. The zero-order chi connectivity index (χ0) is 21.6. The van der Waals surface area contributed by atoms with Crippen molar-refractivity contribution in [3.63, 3.8) is 0 Å². The molecule has 1 saturated carbocycles. The molecule has 8 nitrogen and oxygen atoms in total. The van der Waals surface area contributed by atoms with Crippen molar-refractivity contribution < 1.29 is 14.8 Å². The smallest absolute Gasteiger partial charge is 0.248 e. The summed E-state index contributed by atoms with van der Waals surface area (Å²) in [6.07, 6.45) is 2.84. The Morgan fingerprint density at radius 1 is 1.10 bits per heavy atom. The highest BCUT2D eigenvalue weighted by Crippen LogP contribution is 2.54. The van der Waals surface area contributed by atoms with Crippen LogP contribution >= 0.6 is 0 Å². The Morgan fingerprint density at radius 3 is 2.55 bits per heavy atom. The van der Waals surface area contributed by atoms with Crippen LogP contribution in [0.2, 0.25) is 0 Å². The maximum Gasteiger partial charge on any atom is 0.248 e. The zero-order valence-corrected chi connectivity index (χ0v) is 17.8. The Balaban J connectivity index is 1.28. The van der Waals surface area contributed by atoms with Crippen LogP contribution in [0.1, 0.15) is 19.3 Å². The van der Waals surface area contributed by atoms with Gasteiger partial charge in [-0.3, -0.25) is 19.7 Å². The summed E-state index contributed by atoms with van der Waals surface area (Å²) in [6.45, 7) is 3.43. The van der Waals surface area contributed by atoms with E-state index in [0.29, 0.717) is 32.6 Å². The number of benzene rings is 1. The molecule has 2 N–H and O–H groups in total. The maximum absolute atomic E-state index is 13.4. The molecule has 3 fully saturated rings. The van der Waals surface area contributed by atoms with E-state index in [9.17, 15) is 14.8 Å². The monoisotopic (exact) mass is 423 g/mol. The van der Waals surface area contributed by atoms with E-state index in [1.165, 1.54) is 0 Å². The van der Waals surface area contributed by atoms with E-state index in [1.54, 1.807) is 5.48 Å². The number of nitrogens with zero attached hydrogens (tertiary/aromatic N) is 4. The molecule has 0 radical (unpaired) electrons. The fourth-order valence-corrected chi connectivity index (χ4v) is 5.37. The number of aromatic nitrogens is 1. The molecule has 1 spiro atoms. The first-order valence-corrected chi connectivity index (χ1v) is 11.0. The summed E-state index contributed by atoms with van der Waals surface area (Å²) in [5, 5.41) is 10.4. The van der Waals surface area contributed by atoms with Gasteiger partial charge in [-0.2, -0.15) is 0 Å². The average Bonchev–Trinajstić information content (AvgIpc) is 3.55. The molecular weight excluding hydrogens is 394 g/mol. The summed E-state index contributed by atoms with van der Waals surface area (Å²) in [6, 6.07) is 11.6. The van der Waals surface area contributed by atoms with Gasteiger partial charge in [0.2, 0.25) is 11.8 Å². The Kier molecular flexibility index (Phi) is 5.06. The van der Waals surface area contributed by atoms with Crippen LogP contribution in [0.3, 0.4) is 0 Å². The number of likely N-dealkylation sites (N-methyl/N-ethyl adjacent to an activating group) is 1. The van der Waals surface area contributed by atoms with Gasteiger partial charge in [0.05, 0.1) is 11.4 Å². The van der Waals surface area contributed by atoms with Gasteiger partial charge in [0.1, 0.15) is 11.9 Å². The Bertz CT molecular complexity index is 1000. The van der Waals surface area contributed by atoms with E-state index in [2.05, 4.69) is 11.0 Å². The zero-order valence-electron chi connectivity index (χ0n) is 17.8. The number of rotatable bonds is 3. The molecule has 3 aliphatic rings. The standard InChI is InChI=1S/C23H29N5O3/c1-26-15-23(8-9-23)14-17(21(29)25-31)20(26)22(30)28-12-10-27(11-13-28)19-7-6-16-4-2-3-5-18(16)24-19/h2-7,17,20,31H,8-15H2,1H3,(H,25,29)/t17-,20-/m0/s1. The number of pyridine rings is 1. The lowest BCUT2D eigenvalue weighted by atomic mass is 9.80. The lowest BCUT2D eigenvalue weighted by Gasteiger charge is -2.44. The van der Waals surface area contributed by atoms with Crippen LogP contribution in [0.25, 0.3) is 10.9 Å². The molecule has 31 heavy (non-hydrogen) atoms. The molecule has 2 aliphatic heterocycles. The third kappa shape index (κ3) is 3.74. The first-order valence-electron chi connectivity index (χ1n) is 11.0. The molecule has 0 unspecified atom stereocenters. The van der Waals surface area contributed by atoms with Crippen molar-refractivity contribution >= 4 is 28.5 Å². The number of nitrogens with one attached hydrogen (secondary N) is 1. The lowest BCUT2D eigenvalue weighted by Crippen LogP contribution is -2.61. The number of hydrogen-bond donors (Lipinski definition) is 2. The molecule has 1 aliphatic carbocycles. The minimum absolute atomic E-state index is 0.0160. The number of fused-ring (bicyclic) bond motifs is 1. The van der Waals surface area contributed by atoms with Gasteiger partial charge in [-0.15, -0.1) is 0 Å². The van der Waals surface area contributed by atoms with Gasteiger partial charge in [-0.1, -0.05) is 18.2 Å². The summed E-state index contributed by atoms with van der Waals surface area (Å²) in [5.41, 5.74) is 2.91. The molecule has 8 heteroatoms. The van der Waals surface area contributed by atoms with Crippen molar-refractivity contribution in [2.45, 2.75) is 25.3 Å². The quantitative estimate of drug-likeness (QED) is 0.574. The Morgan fingerprint density at radius 2 is 1.84 bits per heavy atom. The van der Waals surface area contributed by atoms with Gasteiger partial charge >= 0.3 is 0 Å². The summed E-state index contributed by atoms with van der Waals surface area (Å²) in [7, 11) is 1.93. The number of hydrogen-bond acceptors (Lipinski definition) is 6. The summed E-state index contributed by atoms with van der Waals surface area (Å²) < 4.78 is 0. The third-order valence-electron chi connectivity index (χ3n) is 7.25. The normalized spacial score (nSPS) is 25.6. The largest absolute Gasteiger partial charge is 0.353 e. The minimum atomic E-state index is -0.524. The summed E-state index contributed by atoms with van der Waals surface area (Å²) in [4.78, 5) is 36.7. The SMILES string of the molecule is CN1CC2(CC2)C[C@H](C(=O)NO)[C@H]1C(=O)N1CCN(c2ccc3ccccc3n2)CC1. The maximum atomic E-state index is 13.4. The second kappa shape index (κ2) is 7.76. The predicted molar refractivity (Wildman–Crippen MR) is 117 cm³/mol. The fraction of sp³-hybridized carbons (Fsp3) is 0.522. The number of carbonyl (C=O) groups excluding carboxylic acids is 2. The van der Waals surface area contributed by atoms with Gasteiger partial charge in [0, 0.05) is 38.1 Å². The summed E-state index contributed by atoms with van der Waals surface area (Å²) in [5.74, 6) is -0.0550. The molecule has 164 valence electrons. The van der Waals surface area contributed by atoms with Gasteiger partial charge in [-0.05, 0) is 49.9 Å². The van der Waals surface area contributed by atoms with Crippen molar-refractivity contribution in [2.75, 3.05) is 44.7 Å². The van der Waals surface area contributed by atoms with Crippen LogP contribution in [0.4, 0.5) is 5.82 Å². The van der Waals surface area contributed by atoms with E-state index < -0.39 is 17.9 Å². The van der Waals surface area contributed by atoms with Crippen LogP contribution < -0.4 is 10.4 Å². The van der Waals surface area contributed by atoms with Crippen molar-refractivity contribution in [2.24, 2.45) is 11.3 Å². The van der Waals surface area contributed by atoms with Crippen molar-refractivity contribution in [3.05, 3.63) is 36.4 Å². The second-order valence-electron chi connectivity index (χ2n) is 9.32. The number of anilines is 1. The van der Waals surface area contributed by atoms with Gasteiger partial charge in [0.15, 0.2) is 0 Å². The summed E-state index contributed by atoms with van der Waals surface area (Å²) >= 11 is 0. The van der Waals surface area contributed by atoms with Crippen molar-refractivity contribution in [1.82, 2.24) is 20.3 Å². The van der Waals surface area contributed by atoms with E-state index in [1.807, 2.05) is 47.2 Å². The van der Waals surface area contributed by atoms with Crippen molar-refractivity contribution in [1.29, 1.82) is 0 Å². The van der Waals surface area contributed by atoms with E-state index >= 15 is 0 Å². The molecule has 2 amide bonds. The number of likely N-dealkylation sites (tertiary alicyclic amines) is 1. The van der Waals surface area contributed by atoms with Gasteiger partial charge in [-0.25, -0.2) is 10.5 Å². The Labute approximate surface area is 181 Å². The second-order valence-corrected chi connectivity index (χ2v) is 9.32. The highest BCUT2D eigenvalue weighted by atomic mass is 16.5. The topological polar surface area (TPSA) is 89.0 Å². The number of piperidine rings is 1. The average molecular weight is 424 g/mol. The molecule has 3 heterocycles. The molecule has 0 bridgehead atoms. The van der Waals surface area contributed by atoms with Crippen molar-refractivity contribution in [3.8, 4) is 0 Å². The first kappa shape index (κ1) is 20.2. The van der Waals surface area contributed by atoms with Crippen LogP contribution in [0, 0.1) is 11.3 Å². The van der Waals surface area contributed by atoms with Gasteiger partial charge < -0.3 is 9.80 Å².